The molecule has 0 aromatic rings. The number of likely N-dealkylation sites (N-methyl/N-ethyl adjacent to an activating group) is 1. The summed E-state index contributed by atoms with van der Waals surface area (Å²) >= 11 is 0. The number of piperidine rings is 1. The van der Waals surface area contributed by atoms with E-state index in [1.165, 1.54) is 58.3 Å². The second-order valence-electron chi connectivity index (χ2n) is 5.52. The number of nitrogens with zero attached hydrogens (tertiary/aromatic N) is 2. The van der Waals surface area contributed by atoms with E-state index in [1.807, 2.05) is 0 Å². The van der Waals surface area contributed by atoms with Crippen LogP contribution >= 0.6 is 0 Å². The lowest BCUT2D eigenvalue weighted by molar-refractivity contribution is 0.163. The van der Waals surface area contributed by atoms with Gasteiger partial charge in [0.25, 0.3) is 0 Å². The van der Waals surface area contributed by atoms with Crippen LogP contribution in [0.2, 0.25) is 0 Å². The number of nitrogens with two attached hydrogens (primary N) is 1. The van der Waals surface area contributed by atoms with Crippen LogP contribution in [0, 0.1) is 5.92 Å². The zero-order chi connectivity index (χ0) is 11.4. The highest BCUT2D eigenvalue weighted by molar-refractivity contribution is 4.88. The Bertz CT molecular complexity index is 197. The third kappa shape index (κ3) is 3.44. The average molecular weight is 225 g/mol. The van der Waals surface area contributed by atoms with Crippen molar-refractivity contribution in [1.82, 2.24) is 9.80 Å². The van der Waals surface area contributed by atoms with E-state index in [-0.39, 0.29) is 0 Å². The first-order valence-electron chi connectivity index (χ1n) is 6.94. The zero-order valence-corrected chi connectivity index (χ0v) is 10.7. The predicted molar refractivity (Wildman–Crippen MR) is 68.5 cm³/mol. The van der Waals surface area contributed by atoms with Crippen molar-refractivity contribution in [2.24, 2.45) is 11.7 Å². The van der Waals surface area contributed by atoms with Crippen LogP contribution in [0.3, 0.4) is 0 Å². The Labute approximate surface area is 100.0 Å². The fourth-order valence-electron chi connectivity index (χ4n) is 2.86. The minimum atomic E-state index is 0.643. The van der Waals surface area contributed by atoms with Crippen LogP contribution in [-0.2, 0) is 0 Å². The summed E-state index contributed by atoms with van der Waals surface area (Å²) in [4.78, 5) is 5.10. The van der Waals surface area contributed by atoms with Crippen molar-refractivity contribution in [2.75, 3.05) is 39.8 Å². The molecule has 2 fully saturated rings. The first kappa shape index (κ1) is 12.3. The van der Waals surface area contributed by atoms with Crippen LogP contribution < -0.4 is 5.73 Å². The van der Waals surface area contributed by atoms with Crippen LogP contribution in [-0.4, -0.2) is 55.6 Å². The van der Waals surface area contributed by atoms with E-state index in [0.29, 0.717) is 6.04 Å². The zero-order valence-electron chi connectivity index (χ0n) is 10.7. The molecule has 1 aliphatic carbocycles. The highest BCUT2D eigenvalue weighted by atomic mass is 15.2. The summed E-state index contributed by atoms with van der Waals surface area (Å²) in [5, 5.41) is 0. The predicted octanol–water partition coefficient (Wildman–Crippen LogP) is 1.14. The van der Waals surface area contributed by atoms with Gasteiger partial charge in [-0.05, 0) is 51.7 Å². The highest BCUT2D eigenvalue weighted by Gasteiger charge is 2.32. The molecule has 1 saturated carbocycles. The normalized spacial score (nSPS) is 24.9. The standard InChI is InChI=1S/C13H27N3/c1-15(13(11-14)12-5-6-12)9-10-16-7-3-2-4-8-16/h12-13H,2-11,14H2,1H3. The van der Waals surface area contributed by atoms with E-state index in [2.05, 4.69) is 16.8 Å². The second-order valence-corrected chi connectivity index (χ2v) is 5.52. The number of rotatable bonds is 6. The molecule has 1 heterocycles. The van der Waals surface area contributed by atoms with Crippen molar-refractivity contribution in [3.63, 3.8) is 0 Å². The summed E-state index contributed by atoms with van der Waals surface area (Å²) in [7, 11) is 2.25. The minimum absolute atomic E-state index is 0.643. The molecule has 3 heteroatoms. The largest absolute Gasteiger partial charge is 0.329 e. The maximum Gasteiger partial charge on any atom is 0.0244 e. The van der Waals surface area contributed by atoms with E-state index in [9.17, 15) is 0 Å². The molecule has 2 aliphatic rings. The molecule has 2 rings (SSSR count). The van der Waals surface area contributed by atoms with Crippen LogP contribution in [0.1, 0.15) is 32.1 Å². The molecule has 1 unspecified atom stereocenters. The monoisotopic (exact) mass is 225 g/mol. The third-order valence-electron chi connectivity index (χ3n) is 4.19. The van der Waals surface area contributed by atoms with E-state index >= 15 is 0 Å². The van der Waals surface area contributed by atoms with Gasteiger partial charge in [-0.3, -0.25) is 0 Å². The molecule has 1 atom stereocenters. The lowest BCUT2D eigenvalue weighted by Crippen LogP contribution is -2.44. The van der Waals surface area contributed by atoms with Crippen LogP contribution in [0.5, 0.6) is 0 Å². The van der Waals surface area contributed by atoms with E-state index in [0.717, 1.165) is 12.5 Å². The fraction of sp³-hybridized carbons (Fsp3) is 1.00. The van der Waals surface area contributed by atoms with Crippen molar-refractivity contribution >= 4 is 0 Å². The molecule has 0 spiro atoms. The molecule has 0 aromatic heterocycles. The Morgan fingerprint density at radius 1 is 1.25 bits per heavy atom. The summed E-state index contributed by atoms with van der Waals surface area (Å²) in [5.41, 5.74) is 5.87. The number of hydrogen-bond donors (Lipinski definition) is 1. The van der Waals surface area contributed by atoms with Gasteiger partial charge in [-0.25, -0.2) is 0 Å². The lowest BCUT2D eigenvalue weighted by Gasteiger charge is -2.32. The van der Waals surface area contributed by atoms with Gasteiger partial charge in [0.1, 0.15) is 0 Å². The van der Waals surface area contributed by atoms with Gasteiger partial charge in [0.15, 0.2) is 0 Å². The van der Waals surface area contributed by atoms with E-state index in [1.54, 1.807) is 0 Å². The van der Waals surface area contributed by atoms with Gasteiger partial charge in [-0.1, -0.05) is 6.42 Å². The molecule has 94 valence electrons. The van der Waals surface area contributed by atoms with Crippen molar-refractivity contribution < 1.29 is 0 Å². The van der Waals surface area contributed by atoms with Gasteiger partial charge in [-0.15, -0.1) is 0 Å². The average Bonchev–Trinajstić information content (AvgIpc) is 3.13. The molecule has 0 bridgehead atoms. The smallest absolute Gasteiger partial charge is 0.0244 e. The minimum Gasteiger partial charge on any atom is -0.329 e. The second kappa shape index (κ2) is 5.99. The van der Waals surface area contributed by atoms with Crippen molar-refractivity contribution in [3.05, 3.63) is 0 Å². The topological polar surface area (TPSA) is 32.5 Å². The van der Waals surface area contributed by atoms with Crippen LogP contribution in [0.4, 0.5) is 0 Å². The van der Waals surface area contributed by atoms with Gasteiger partial charge in [-0.2, -0.15) is 0 Å². The maximum absolute atomic E-state index is 5.87. The van der Waals surface area contributed by atoms with E-state index < -0.39 is 0 Å². The molecule has 2 N–H and O–H groups in total. The van der Waals surface area contributed by atoms with Crippen molar-refractivity contribution in [1.29, 1.82) is 0 Å². The Balaban J connectivity index is 1.67. The van der Waals surface area contributed by atoms with Crippen LogP contribution in [0.15, 0.2) is 0 Å². The Morgan fingerprint density at radius 2 is 1.94 bits per heavy atom. The number of likely N-dealkylation sites (tertiary alicyclic amines) is 1. The number of hydrogen-bond acceptors (Lipinski definition) is 3. The molecule has 16 heavy (non-hydrogen) atoms. The molecule has 1 aliphatic heterocycles. The Kier molecular flexibility index (Phi) is 4.62. The van der Waals surface area contributed by atoms with E-state index in [4.69, 9.17) is 5.73 Å². The fourth-order valence-corrected chi connectivity index (χ4v) is 2.86. The summed E-state index contributed by atoms with van der Waals surface area (Å²) in [6, 6.07) is 0.643. The van der Waals surface area contributed by atoms with Gasteiger partial charge in [0.2, 0.25) is 0 Å². The summed E-state index contributed by atoms with van der Waals surface area (Å²) in [5.74, 6) is 0.899. The van der Waals surface area contributed by atoms with Gasteiger partial charge < -0.3 is 15.5 Å². The van der Waals surface area contributed by atoms with Gasteiger partial charge in [0.05, 0.1) is 0 Å². The molecule has 1 saturated heterocycles. The first-order valence-corrected chi connectivity index (χ1v) is 6.94. The molecule has 0 amide bonds. The van der Waals surface area contributed by atoms with Crippen molar-refractivity contribution in [3.8, 4) is 0 Å². The van der Waals surface area contributed by atoms with Gasteiger partial charge in [0, 0.05) is 25.7 Å². The van der Waals surface area contributed by atoms with Crippen molar-refractivity contribution in [2.45, 2.75) is 38.1 Å². The summed E-state index contributed by atoms with van der Waals surface area (Å²) in [6.07, 6.45) is 7.02. The Hall–Kier alpha value is -0.120. The molecule has 0 aromatic carbocycles. The summed E-state index contributed by atoms with van der Waals surface area (Å²) in [6.45, 7) is 5.88. The molecular formula is C13H27N3. The van der Waals surface area contributed by atoms with Crippen LogP contribution in [0.25, 0.3) is 0 Å². The quantitative estimate of drug-likeness (QED) is 0.736. The molecular weight excluding hydrogens is 198 g/mol. The Morgan fingerprint density at radius 3 is 2.50 bits per heavy atom. The third-order valence-corrected chi connectivity index (χ3v) is 4.19. The molecule has 3 nitrogen and oxygen atoms in total. The summed E-state index contributed by atoms with van der Waals surface area (Å²) < 4.78 is 0. The maximum atomic E-state index is 5.87. The SMILES string of the molecule is CN(CCN1CCCCC1)C(CN)C1CC1. The first-order chi connectivity index (χ1) is 7.81. The molecule has 0 radical (unpaired) electrons. The highest BCUT2D eigenvalue weighted by Crippen LogP contribution is 2.34. The van der Waals surface area contributed by atoms with Gasteiger partial charge >= 0.3 is 0 Å². The lowest BCUT2D eigenvalue weighted by atomic mass is 10.1.